The van der Waals surface area contributed by atoms with E-state index in [9.17, 15) is 9.90 Å². The number of hydrogen-bond donors (Lipinski definition) is 1. The third-order valence-electron chi connectivity index (χ3n) is 4.41. The van der Waals surface area contributed by atoms with E-state index in [1.54, 1.807) is 45.7 Å². The third-order valence-corrected chi connectivity index (χ3v) is 4.41. The molecule has 0 saturated heterocycles. The monoisotopic (exact) mass is 379 g/mol. The largest absolute Gasteiger partial charge is 0.507 e. The van der Waals surface area contributed by atoms with Crippen molar-refractivity contribution in [2.45, 2.75) is 6.92 Å². The van der Waals surface area contributed by atoms with E-state index in [0.29, 0.717) is 28.6 Å². The molecule has 1 aromatic carbocycles. The first-order valence-corrected chi connectivity index (χ1v) is 8.42. The van der Waals surface area contributed by atoms with Crippen molar-refractivity contribution in [2.75, 3.05) is 14.2 Å². The highest BCUT2D eigenvalue weighted by molar-refractivity contribution is 5.80. The Balaban J connectivity index is 1.93. The van der Waals surface area contributed by atoms with Gasteiger partial charge in [-0.25, -0.2) is 14.3 Å². The van der Waals surface area contributed by atoms with Gasteiger partial charge in [0.25, 0.3) is 0 Å². The molecule has 8 heteroatoms. The second-order valence-electron chi connectivity index (χ2n) is 6.10. The molecule has 0 radical (unpaired) electrons. The molecule has 0 aliphatic rings. The number of fused-ring (bicyclic) bond motifs is 1. The van der Waals surface area contributed by atoms with Crippen LogP contribution in [0.1, 0.15) is 5.76 Å². The van der Waals surface area contributed by atoms with Gasteiger partial charge in [0.15, 0.2) is 17.1 Å². The molecule has 0 fully saturated rings. The molecular weight excluding hydrogens is 362 g/mol. The molecule has 3 heterocycles. The second kappa shape index (κ2) is 6.73. The van der Waals surface area contributed by atoms with Gasteiger partial charge in [-0.05, 0) is 30.7 Å². The van der Waals surface area contributed by atoms with Crippen molar-refractivity contribution in [1.29, 1.82) is 0 Å². The van der Waals surface area contributed by atoms with E-state index in [2.05, 4.69) is 10.1 Å². The van der Waals surface area contributed by atoms with Crippen LogP contribution in [0, 0.1) is 6.92 Å². The minimum absolute atomic E-state index is 0.0277. The highest BCUT2D eigenvalue weighted by Crippen LogP contribution is 2.34. The Bertz CT molecular complexity index is 1240. The van der Waals surface area contributed by atoms with Gasteiger partial charge in [-0.1, -0.05) is 6.07 Å². The molecule has 1 N–H and O–H groups in total. The Morgan fingerprint density at radius 1 is 1.11 bits per heavy atom. The van der Waals surface area contributed by atoms with Gasteiger partial charge in [-0.3, -0.25) is 0 Å². The molecule has 0 atom stereocenters. The van der Waals surface area contributed by atoms with Crippen molar-refractivity contribution in [3.05, 3.63) is 58.9 Å². The zero-order valence-corrected chi connectivity index (χ0v) is 15.5. The topological polar surface area (TPSA) is 99.1 Å². The maximum atomic E-state index is 12.3. The van der Waals surface area contributed by atoms with Gasteiger partial charge >= 0.3 is 5.63 Å². The summed E-state index contributed by atoms with van der Waals surface area (Å²) in [5.41, 5.74) is 1.83. The molecule has 142 valence electrons. The summed E-state index contributed by atoms with van der Waals surface area (Å²) in [6.45, 7) is 1.59. The van der Waals surface area contributed by atoms with Gasteiger partial charge < -0.3 is 19.0 Å². The number of hydrogen-bond acceptors (Lipinski definition) is 7. The summed E-state index contributed by atoms with van der Waals surface area (Å²) in [6.07, 6.45) is 3.19. The van der Waals surface area contributed by atoms with Gasteiger partial charge in [0, 0.05) is 17.8 Å². The lowest BCUT2D eigenvalue weighted by atomic mass is 10.1. The number of aromatic hydroxyl groups is 1. The lowest BCUT2D eigenvalue weighted by Crippen LogP contribution is -2.08. The number of aryl methyl sites for hydroxylation is 1. The Kier molecular flexibility index (Phi) is 4.23. The second-order valence-corrected chi connectivity index (χ2v) is 6.10. The fourth-order valence-electron chi connectivity index (χ4n) is 3.12. The molecule has 4 rings (SSSR count). The minimum atomic E-state index is -0.645. The Hall–Kier alpha value is -3.81. The number of nitrogens with zero attached hydrogens (tertiary/aromatic N) is 3. The summed E-state index contributed by atoms with van der Waals surface area (Å²) < 4.78 is 17.3. The maximum absolute atomic E-state index is 12.3. The minimum Gasteiger partial charge on any atom is -0.507 e. The Morgan fingerprint density at radius 2 is 1.89 bits per heavy atom. The van der Waals surface area contributed by atoms with Crippen LogP contribution in [0.15, 0.2) is 51.9 Å². The van der Waals surface area contributed by atoms with Crippen LogP contribution in [0.3, 0.4) is 0 Å². The van der Waals surface area contributed by atoms with Crippen LogP contribution in [0.25, 0.3) is 28.0 Å². The van der Waals surface area contributed by atoms with E-state index in [1.807, 2.05) is 12.1 Å². The Labute approximate surface area is 159 Å². The zero-order valence-electron chi connectivity index (χ0n) is 15.5. The summed E-state index contributed by atoms with van der Waals surface area (Å²) in [6, 6.07) is 8.47. The molecule has 4 aromatic rings. The van der Waals surface area contributed by atoms with Crippen LogP contribution in [0.4, 0.5) is 0 Å². The van der Waals surface area contributed by atoms with Crippen LogP contribution in [-0.4, -0.2) is 33.9 Å². The third kappa shape index (κ3) is 2.75. The van der Waals surface area contributed by atoms with Gasteiger partial charge in [-0.2, -0.15) is 5.10 Å². The van der Waals surface area contributed by atoms with E-state index in [-0.39, 0.29) is 11.3 Å². The lowest BCUT2D eigenvalue weighted by Gasteiger charge is -2.09. The van der Waals surface area contributed by atoms with Crippen molar-refractivity contribution in [1.82, 2.24) is 14.6 Å². The number of aromatic nitrogens is 3. The lowest BCUT2D eigenvalue weighted by molar-refractivity contribution is 0.355. The van der Waals surface area contributed by atoms with E-state index < -0.39 is 5.63 Å². The average molecular weight is 379 g/mol. The average Bonchev–Trinajstić information content (AvgIpc) is 3.11. The van der Waals surface area contributed by atoms with E-state index in [4.69, 9.17) is 13.9 Å². The van der Waals surface area contributed by atoms with Gasteiger partial charge in [0.1, 0.15) is 17.1 Å². The molecule has 0 aliphatic carbocycles. The van der Waals surface area contributed by atoms with Crippen LogP contribution in [0.2, 0.25) is 0 Å². The molecular formula is C20H17N3O5. The van der Waals surface area contributed by atoms with Crippen molar-refractivity contribution >= 4 is 5.65 Å². The van der Waals surface area contributed by atoms with Gasteiger partial charge in [-0.15, -0.1) is 0 Å². The summed E-state index contributed by atoms with van der Waals surface area (Å²) >= 11 is 0. The zero-order chi connectivity index (χ0) is 19.8. The fraction of sp³-hybridized carbons (Fsp3) is 0.150. The van der Waals surface area contributed by atoms with E-state index in [0.717, 1.165) is 11.1 Å². The smallest absolute Gasteiger partial charge is 0.349 e. The molecule has 0 unspecified atom stereocenters. The van der Waals surface area contributed by atoms with Crippen LogP contribution < -0.4 is 15.1 Å². The summed E-state index contributed by atoms with van der Waals surface area (Å²) in [5.74, 6) is 1.33. The van der Waals surface area contributed by atoms with Crippen LogP contribution >= 0.6 is 0 Å². The van der Waals surface area contributed by atoms with Crippen molar-refractivity contribution in [3.63, 3.8) is 0 Å². The number of methoxy groups -OCH3 is 2. The summed E-state index contributed by atoms with van der Waals surface area (Å²) in [7, 11) is 3.13. The first kappa shape index (κ1) is 17.6. The van der Waals surface area contributed by atoms with Crippen molar-refractivity contribution in [3.8, 4) is 39.6 Å². The summed E-state index contributed by atoms with van der Waals surface area (Å²) in [4.78, 5) is 16.7. The predicted molar refractivity (Wildman–Crippen MR) is 102 cm³/mol. The van der Waals surface area contributed by atoms with Crippen molar-refractivity contribution < 1.29 is 19.0 Å². The number of benzene rings is 1. The molecule has 28 heavy (non-hydrogen) atoms. The predicted octanol–water partition coefficient (Wildman–Crippen LogP) is 3.05. The van der Waals surface area contributed by atoms with E-state index >= 15 is 0 Å². The number of rotatable bonds is 4. The van der Waals surface area contributed by atoms with Crippen LogP contribution in [-0.2, 0) is 0 Å². The normalized spacial score (nSPS) is 11.0. The Morgan fingerprint density at radius 3 is 2.61 bits per heavy atom. The number of ether oxygens (including phenoxy) is 2. The molecule has 0 aliphatic heterocycles. The fourth-order valence-corrected chi connectivity index (χ4v) is 3.12. The van der Waals surface area contributed by atoms with E-state index in [1.165, 1.54) is 10.6 Å². The first-order chi connectivity index (χ1) is 13.5. The molecule has 0 bridgehead atoms. The standard InChI is InChI=1S/C20H17N3O5/c1-11-8-15(24)18(20(25)28-11)14-6-7-21-19-13(10-22-23(14)19)12-4-5-16(26-2)17(9-12)27-3/h4-10,24H,1-3H3. The summed E-state index contributed by atoms with van der Waals surface area (Å²) in [5, 5.41) is 14.6. The van der Waals surface area contributed by atoms with Crippen LogP contribution in [0.5, 0.6) is 17.2 Å². The molecule has 3 aromatic heterocycles. The quantitative estimate of drug-likeness (QED) is 0.582. The first-order valence-electron chi connectivity index (χ1n) is 8.42. The highest BCUT2D eigenvalue weighted by atomic mass is 16.5. The molecule has 8 nitrogen and oxygen atoms in total. The molecule has 0 saturated carbocycles. The highest BCUT2D eigenvalue weighted by Gasteiger charge is 2.19. The molecule has 0 spiro atoms. The van der Waals surface area contributed by atoms with Gasteiger partial charge in [0.2, 0.25) is 0 Å². The van der Waals surface area contributed by atoms with Gasteiger partial charge in [0.05, 0.1) is 26.1 Å². The maximum Gasteiger partial charge on any atom is 0.349 e. The van der Waals surface area contributed by atoms with Crippen molar-refractivity contribution in [2.24, 2.45) is 0 Å². The SMILES string of the molecule is COc1ccc(-c2cnn3c(-c4c(O)cc(C)oc4=O)ccnc23)cc1OC. The molecule has 0 amide bonds.